The molecule has 30 heavy (non-hydrogen) atoms. The van der Waals surface area contributed by atoms with Gasteiger partial charge in [-0.2, -0.15) is 0 Å². The van der Waals surface area contributed by atoms with Crippen molar-refractivity contribution in [3.63, 3.8) is 0 Å². The molecule has 2 aliphatic heterocycles. The number of likely N-dealkylation sites (tertiary alicyclic amines) is 2. The number of nitrogens with zero attached hydrogens (tertiary/aromatic N) is 3. The number of pyridine rings is 1. The van der Waals surface area contributed by atoms with Crippen LogP contribution in [0.15, 0.2) is 36.5 Å². The van der Waals surface area contributed by atoms with Gasteiger partial charge in [0, 0.05) is 32.4 Å². The Kier molecular flexibility index (Phi) is 5.81. The zero-order valence-electron chi connectivity index (χ0n) is 17.2. The average molecular weight is 410 g/mol. The average Bonchev–Trinajstić information content (AvgIpc) is 3.26. The van der Waals surface area contributed by atoms with E-state index in [-0.39, 0.29) is 17.3 Å². The summed E-state index contributed by atoms with van der Waals surface area (Å²) in [5.74, 6) is -0.0558. The summed E-state index contributed by atoms with van der Waals surface area (Å²) >= 11 is 0. The van der Waals surface area contributed by atoms with Crippen LogP contribution in [0.2, 0.25) is 0 Å². The van der Waals surface area contributed by atoms with E-state index < -0.39 is 5.91 Å². The van der Waals surface area contributed by atoms with Crippen LogP contribution in [0, 0.1) is 24.6 Å². The number of carbonyl (C=O) groups is 2. The van der Waals surface area contributed by atoms with Crippen LogP contribution in [-0.2, 0) is 6.42 Å². The molecule has 2 fully saturated rings. The predicted molar refractivity (Wildman–Crippen MR) is 112 cm³/mol. The number of carbonyl (C=O) groups excluding carboxylic acids is 2. The van der Waals surface area contributed by atoms with E-state index in [9.17, 15) is 14.0 Å². The molecule has 4 rings (SSSR count). The second-order valence-electron chi connectivity index (χ2n) is 8.41. The minimum absolute atomic E-state index is 0.151. The molecule has 3 heterocycles. The molecule has 0 spiro atoms. The minimum Gasteiger partial charge on any atom is -0.366 e. The number of primary amides is 1. The topological polar surface area (TPSA) is 79.5 Å². The van der Waals surface area contributed by atoms with Crippen LogP contribution in [-0.4, -0.2) is 59.3 Å². The van der Waals surface area contributed by atoms with Gasteiger partial charge < -0.3 is 15.5 Å². The van der Waals surface area contributed by atoms with E-state index in [2.05, 4.69) is 9.88 Å². The van der Waals surface area contributed by atoms with Crippen molar-refractivity contribution < 1.29 is 14.0 Å². The Labute approximate surface area is 175 Å². The zero-order chi connectivity index (χ0) is 21.3. The Morgan fingerprint density at radius 2 is 1.90 bits per heavy atom. The van der Waals surface area contributed by atoms with E-state index in [1.165, 1.54) is 18.3 Å². The van der Waals surface area contributed by atoms with Crippen molar-refractivity contribution >= 4 is 11.8 Å². The summed E-state index contributed by atoms with van der Waals surface area (Å²) in [6.45, 7) is 6.02. The van der Waals surface area contributed by atoms with Crippen LogP contribution in [0.1, 0.15) is 38.4 Å². The lowest BCUT2D eigenvalue weighted by Crippen LogP contribution is -2.35. The first-order chi connectivity index (χ1) is 14.4. The summed E-state index contributed by atoms with van der Waals surface area (Å²) in [5.41, 5.74) is 7.60. The fourth-order valence-corrected chi connectivity index (χ4v) is 4.84. The first kappa shape index (κ1) is 20.5. The van der Waals surface area contributed by atoms with Crippen molar-refractivity contribution in [3.05, 3.63) is 64.7 Å². The maximum Gasteiger partial charge on any atom is 0.256 e. The van der Waals surface area contributed by atoms with E-state index in [0.29, 0.717) is 36.2 Å². The molecule has 2 atom stereocenters. The highest BCUT2D eigenvalue weighted by Crippen LogP contribution is 2.32. The molecule has 1 aromatic heterocycles. The lowest BCUT2D eigenvalue weighted by atomic mass is 10.0. The predicted octanol–water partition coefficient (Wildman–Crippen LogP) is 2.26. The maximum atomic E-state index is 13.3. The van der Waals surface area contributed by atoms with E-state index >= 15 is 0 Å². The Balaban J connectivity index is 1.32. The van der Waals surface area contributed by atoms with Crippen molar-refractivity contribution in [2.24, 2.45) is 17.6 Å². The number of halogens is 1. The van der Waals surface area contributed by atoms with Gasteiger partial charge in [0.05, 0.1) is 16.8 Å². The number of hydrogen-bond donors (Lipinski definition) is 1. The molecule has 2 N–H and O–H groups in total. The summed E-state index contributed by atoms with van der Waals surface area (Å²) in [6, 6.07) is 8.30. The van der Waals surface area contributed by atoms with Crippen LogP contribution < -0.4 is 5.73 Å². The van der Waals surface area contributed by atoms with Crippen molar-refractivity contribution in [3.8, 4) is 0 Å². The van der Waals surface area contributed by atoms with Gasteiger partial charge in [-0.15, -0.1) is 0 Å². The maximum absolute atomic E-state index is 13.3. The summed E-state index contributed by atoms with van der Waals surface area (Å²) in [5, 5.41) is 0. The molecule has 1 unspecified atom stereocenters. The van der Waals surface area contributed by atoms with Gasteiger partial charge in [-0.05, 0) is 61.9 Å². The quantitative estimate of drug-likeness (QED) is 0.792. The lowest BCUT2D eigenvalue weighted by Gasteiger charge is -2.22. The SMILES string of the molecule is Cc1nccc(C(N)=O)c1C(=O)N1CC2CN(CCCc3cccc(F)c3)C[C@H]2C1. The highest BCUT2D eigenvalue weighted by Gasteiger charge is 2.42. The number of benzene rings is 1. The molecule has 6 nitrogen and oxygen atoms in total. The van der Waals surface area contributed by atoms with Crippen LogP contribution in [0.4, 0.5) is 4.39 Å². The number of nitrogens with two attached hydrogens (primary N) is 1. The number of hydrogen-bond acceptors (Lipinski definition) is 4. The molecule has 1 aromatic carbocycles. The summed E-state index contributed by atoms with van der Waals surface area (Å²) in [4.78, 5) is 33.3. The van der Waals surface area contributed by atoms with Gasteiger partial charge in [0.15, 0.2) is 0 Å². The molecule has 2 saturated heterocycles. The van der Waals surface area contributed by atoms with Crippen molar-refractivity contribution in [2.45, 2.75) is 19.8 Å². The van der Waals surface area contributed by atoms with Crippen molar-refractivity contribution in [1.82, 2.24) is 14.8 Å². The Morgan fingerprint density at radius 1 is 1.17 bits per heavy atom. The third-order valence-electron chi connectivity index (χ3n) is 6.30. The van der Waals surface area contributed by atoms with E-state index in [1.807, 2.05) is 11.0 Å². The number of aryl methyl sites for hydroxylation is 2. The smallest absolute Gasteiger partial charge is 0.256 e. The molecule has 7 heteroatoms. The lowest BCUT2D eigenvalue weighted by molar-refractivity contribution is 0.0767. The zero-order valence-corrected chi connectivity index (χ0v) is 17.2. The number of amides is 2. The Hall–Kier alpha value is -2.80. The summed E-state index contributed by atoms with van der Waals surface area (Å²) < 4.78 is 13.3. The van der Waals surface area contributed by atoms with Gasteiger partial charge >= 0.3 is 0 Å². The molecule has 0 bridgehead atoms. The highest BCUT2D eigenvalue weighted by molar-refractivity contribution is 6.07. The van der Waals surface area contributed by atoms with Crippen molar-refractivity contribution in [2.75, 3.05) is 32.7 Å². The van der Waals surface area contributed by atoms with Gasteiger partial charge in [-0.1, -0.05) is 12.1 Å². The minimum atomic E-state index is -0.604. The second-order valence-corrected chi connectivity index (χ2v) is 8.41. The fraction of sp³-hybridized carbons (Fsp3) is 0.435. The van der Waals surface area contributed by atoms with Crippen molar-refractivity contribution in [1.29, 1.82) is 0 Å². The van der Waals surface area contributed by atoms with Gasteiger partial charge in [-0.25, -0.2) is 4.39 Å². The van der Waals surface area contributed by atoms with Crippen LogP contribution in [0.25, 0.3) is 0 Å². The third-order valence-corrected chi connectivity index (χ3v) is 6.30. The molecule has 158 valence electrons. The molecule has 0 aliphatic carbocycles. The fourth-order valence-electron chi connectivity index (χ4n) is 4.84. The number of rotatable bonds is 6. The largest absolute Gasteiger partial charge is 0.366 e. The van der Waals surface area contributed by atoms with E-state index in [1.54, 1.807) is 19.1 Å². The molecular formula is C23H27FN4O2. The van der Waals surface area contributed by atoms with Gasteiger partial charge in [0.25, 0.3) is 5.91 Å². The first-order valence-electron chi connectivity index (χ1n) is 10.4. The monoisotopic (exact) mass is 410 g/mol. The third kappa shape index (κ3) is 4.21. The van der Waals surface area contributed by atoms with Gasteiger partial charge in [-0.3, -0.25) is 14.6 Å². The normalized spacial score (nSPS) is 21.1. The number of fused-ring (bicyclic) bond motifs is 1. The van der Waals surface area contributed by atoms with Gasteiger partial charge in [0.2, 0.25) is 5.91 Å². The van der Waals surface area contributed by atoms with E-state index in [4.69, 9.17) is 5.73 Å². The Morgan fingerprint density at radius 3 is 2.57 bits per heavy atom. The van der Waals surface area contributed by atoms with Crippen LogP contribution >= 0.6 is 0 Å². The molecule has 0 radical (unpaired) electrons. The number of aromatic nitrogens is 1. The van der Waals surface area contributed by atoms with Crippen LogP contribution in [0.5, 0.6) is 0 Å². The Bertz CT molecular complexity index is 950. The highest BCUT2D eigenvalue weighted by atomic mass is 19.1. The molecule has 2 amide bonds. The van der Waals surface area contributed by atoms with Crippen LogP contribution in [0.3, 0.4) is 0 Å². The van der Waals surface area contributed by atoms with E-state index in [0.717, 1.165) is 38.0 Å². The molecule has 0 saturated carbocycles. The second kappa shape index (κ2) is 8.52. The molecular weight excluding hydrogens is 383 g/mol. The molecule has 2 aliphatic rings. The van der Waals surface area contributed by atoms with Gasteiger partial charge in [0.1, 0.15) is 5.82 Å². The summed E-state index contributed by atoms with van der Waals surface area (Å²) in [6.07, 6.45) is 3.36. The standard InChI is InChI=1S/C23H27FN4O2/c1-15-21(20(22(25)29)7-8-26-15)23(30)28-13-17-11-27(12-18(17)14-28)9-3-5-16-4-2-6-19(24)10-16/h2,4,6-8,10,17-18H,3,5,9,11-14H2,1H3,(H2,25,29)/t17-,18?/m0/s1. The summed E-state index contributed by atoms with van der Waals surface area (Å²) in [7, 11) is 0. The molecule has 2 aromatic rings. The first-order valence-corrected chi connectivity index (χ1v) is 10.4.